The van der Waals surface area contributed by atoms with E-state index in [2.05, 4.69) is 15.2 Å². The lowest BCUT2D eigenvalue weighted by Gasteiger charge is -2.15. The van der Waals surface area contributed by atoms with E-state index in [0.29, 0.717) is 12.2 Å². The number of alkyl halides is 2. The second-order valence-electron chi connectivity index (χ2n) is 6.59. The molecule has 1 saturated carbocycles. The number of hydrogen-bond acceptors (Lipinski definition) is 4. The second kappa shape index (κ2) is 6.15. The van der Waals surface area contributed by atoms with Gasteiger partial charge in [0.1, 0.15) is 5.69 Å². The SMILES string of the molecule is CN(Cc1ccnn1C)C(=O)c1cc2nc(C3CC3)cc(C(F)F)n2n1. The monoisotopic (exact) mass is 360 g/mol. The van der Waals surface area contributed by atoms with Crippen LogP contribution in [0.3, 0.4) is 0 Å². The van der Waals surface area contributed by atoms with Crippen LogP contribution >= 0.6 is 0 Å². The predicted molar refractivity (Wildman–Crippen MR) is 88.9 cm³/mol. The van der Waals surface area contributed by atoms with Crippen LogP contribution < -0.4 is 0 Å². The van der Waals surface area contributed by atoms with Crippen molar-refractivity contribution in [1.29, 1.82) is 0 Å². The average Bonchev–Trinajstić information content (AvgIpc) is 3.25. The van der Waals surface area contributed by atoms with Crippen LogP contribution in [-0.4, -0.2) is 42.2 Å². The molecule has 0 saturated heterocycles. The molecule has 1 aliphatic carbocycles. The third-order valence-corrected chi connectivity index (χ3v) is 4.58. The first-order valence-electron chi connectivity index (χ1n) is 8.35. The Morgan fingerprint density at radius 3 is 2.77 bits per heavy atom. The highest BCUT2D eigenvalue weighted by molar-refractivity contribution is 5.93. The zero-order valence-corrected chi connectivity index (χ0v) is 14.4. The molecule has 3 heterocycles. The van der Waals surface area contributed by atoms with Crippen molar-refractivity contribution in [1.82, 2.24) is 29.3 Å². The summed E-state index contributed by atoms with van der Waals surface area (Å²) in [4.78, 5) is 18.6. The molecule has 3 aromatic rings. The maximum atomic E-state index is 13.4. The Hall–Kier alpha value is -2.84. The number of nitrogens with zero attached hydrogens (tertiary/aromatic N) is 6. The van der Waals surface area contributed by atoms with Gasteiger partial charge in [0.25, 0.3) is 12.3 Å². The molecule has 1 aliphatic rings. The van der Waals surface area contributed by atoms with Crippen LogP contribution in [0.2, 0.25) is 0 Å². The summed E-state index contributed by atoms with van der Waals surface area (Å²) in [6, 6.07) is 4.68. The zero-order chi connectivity index (χ0) is 18.4. The number of fused-ring (bicyclic) bond motifs is 1. The van der Waals surface area contributed by atoms with E-state index < -0.39 is 6.43 Å². The molecule has 3 aromatic heterocycles. The van der Waals surface area contributed by atoms with E-state index in [1.807, 2.05) is 6.07 Å². The van der Waals surface area contributed by atoms with Crippen molar-refractivity contribution in [3.05, 3.63) is 47.2 Å². The molecular weight excluding hydrogens is 342 g/mol. The molecular formula is C17H18F2N6O. The number of aryl methyl sites for hydroxylation is 1. The highest BCUT2D eigenvalue weighted by Crippen LogP contribution is 2.40. The summed E-state index contributed by atoms with van der Waals surface area (Å²) in [5, 5.41) is 8.15. The van der Waals surface area contributed by atoms with Gasteiger partial charge in [0.2, 0.25) is 0 Å². The van der Waals surface area contributed by atoms with Gasteiger partial charge in [0.15, 0.2) is 11.3 Å². The van der Waals surface area contributed by atoms with E-state index in [4.69, 9.17) is 0 Å². The Bertz CT molecular complexity index is 975. The van der Waals surface area contributed by atoms with Gasteiger partial charge in [-0.05, 0) is 25.0 Å². The first-order chi connectivity index (χ1) is 12.4. The first-order valence-corrected chi connectivity index (χ1v) is 8.35. The summed E-state index contributed by atoms with van der Waals surface area (Å²) in [5.41, 5.74) is 1.64. The molecule has 4 rings (SSSR count). The third kappa shape index (κ3) is 2.93. The van der Waals surface area contributed by atoms with Crippen molar-refractivity contribution in [3.8, 4) is 0 Å². The fraction of sp³-hybridized carbons (Fsp3) is 0.412. The predicted octanol–water partition coefficient (Wildman–Crippen LogP) is 2.55. The van der Waals surface area contributed by atoms with Crippen molar-refractivity contribution < 1.29 is 13.6 Å². The van der Waals surface area contributed by atoms with Gasteiger partial charge in [-0.25, -0.2) is 18.3 Å². The van der Waals surface area contributed by atoms with E-state index >= 15 is 0 Å². The molecule has 0 spiro atoms. The van der Waals surface area contributed by atoms with E-state index in [-0.39, 0.29) is 28.9 Å². The third-order valence-electron chi connectivity index (χ3n) is 4.58. The standard InChI is InChI=1S/C17H18F2N6O/c1-23(9-11-5-6-20-24(11)2)17(26)13-8-15-21-12(10-3-4-10)7-14(16(18)19)25(15)22-13/h5-8,10,16H,3-4,9H2,1-2H3. The minimum atomic E-state index is -2.69. The van der Waals surface area contributed by atoms with Gasteiger partial charge < -0.3 is 4.90 Å². The van der Waals surface area contributed by atoms with E-state index in [1.165, 1.54) is 17.0 Å². The first kappa shape index (κ1) is 16.6. The minimum absolute atomic E-state index is 0.0945. The van der Waals surface area contributed by atoms with Crippen LogP contribution in [0.25, 0.3) is 5.65 Å². The highest BCUT2D eigenvalue weighted by Gasteiger charge is 2.28. The fourth-order valence-corrected chi connectivity index (χ4v) is 2.93. The van der Waals surface area contributed by atoms with Gasteiger partial charge in [0.05, 0.1) is 12.2 Å². The number of carbonyl (C=O) groups excluding carboxylic acids is 1. The van der Waals surface area contributed by atoms with Gasteiger partial charge >= 0.3 is 0 Å². The fourth-order valence-electron chi connectivity index (χ4n) is 2.93. The van der Waals surface area contributed by atoms with Crippen LogP contribution in [0.1, 0.15) is 52.8 Å². The molecule has 1 amide bonds. The summed E-state index contributed by atoms with van der Waals surface area (Å²) < 4.78 is 29.6. The van der Waals surface area contributed by atoms with Crippen LogP contribution in [0.4, 0.5) is 8.78 Å². The number of aromatic nitrogens is 5. The van der Waals surface area contributed by atoms with E-state index in [9.17, 15) is 13.6 Å². The van der Waals surface area contributed by atoms with Gasteiger partial charge in [0, 0.05) is 38.0 Å². The number of hydrogen-bond donors (Lipinski definition) is 0. The van der Waals surface area contributed by atoms with Crippen molar-refractivity contribution in [3.63, 3.8) is 0 Å². The molecule has 0 aliphatic heterocycles. The summed E-state index contributed by atoms with van der Waals surface area (Å²) in [5.74, 6) is -0.121. The van der Waals surface area contributed by atoms with Gasteiger partial charge in [-0.2, -0.15) is 10.2 Å². The van der Waals surface area contributed by atoms with Gasteiger partial charge in [-0.3, -0.25) is 9.48 Å². The Labute approximate surface area is 148 Å². The van der Waals surface area contributed by atoms with Crippen LogP contribution in [0, 0.1) is 0 Å². The average molecular weight is 360 g/mol. The molecule has 1 fully saturated rings. The van der Waals surface area contributed by atoms with Crippen molar-refractivity contribution >= 4 is 11.6 Å². The summed E-state index contributed by atoms with van der Waals surface area (Å²) >= 11 is 0. The molecule has 136 valence electrons. The van der Waals surface area contributed by atoms with Crippen molar-refractivity contribution in [2.45, 2.75) is 31.7 Å². The highest BCUT2D eigenvalue weighted by atomic mass is 19.3. The second-order valence-corrected chi connectivity index (χ2v) is 6.59. The maximum Gasteiger partial charge on any atom is 0.280 e. The van der Waals surface area contributed by atoms with E-state index in [1.54, 1.807) is 25.0 Å². The number of rotatable bonds is 5. The molecule has 0 atom stereocenters. The molecule has 0 radical (unpaired) electrons. The van der Waals surface area contributed by atoms with Gasteiger partial charge in [-0.15, -0.1) is 0 Å². The lowest BCUT2D eigenvalue weighted by atomic mass is 10.2. The van der Waals surface area contributed by atoms with Crippen LogP contribution in [-0.2, 0) is 13.6 Å². The zero-order valence-electron chi connectivity index (χ0n) is 14.4. The normalized spacial score (nSPS) is 14.3. The lowest BCUT2D eigenvalue weighted by molar-refractivity contribution is 0.0775. The van der Waals surface area contributed by atoms with Crippen molar-refractivity contribution in [2.24, 2.45) is 7.05 Å². The summed E-state index contributed by atoms with van der Waals surface area (Å²) in [6.07, 6.45) is 0.878. The van der Waals surface area contributed by atoms with Crippen LogP contribution in [0.5, 0.6) is 0 Å². The minimum Gasteiger partial charge on any atom is -0.334 e. The quantitative estimate of drug-likeness (QED) is 0.701. The topological polar surface area (TPSA) is 68.3 Å². The largest absolute Gasteiger partial charge is 0.334 e. The smallest absolute Gasteiger partial charge is 0.280 e. The molecule has 0 bridgehead atoms. The molecule has 7 nitrogen and oxygen atoms in total. The summed E-state index contributed by atoms with van der Waals surface area (Å²) in [6.45, 7) is 0.339. The molecule has 0 N–H and O–H groups in total. The Kier molecular flexibility index (Phi) is 3.93. The summed E-state index contributed by atoms with van der Waals surface area (Å²) in [7, 11) is 3.42. The van der Waals surface area contributed by atoms with Crippen LogP contribution in [0.15, 0.2) is 24.4 Å². The molecule has 9 heteroatoms. The maximum absolute atomic E-state index is 13.4. The van der Waals surface area contributed by atoms with Gasteiger partial charge in [-0.1, -0.05) is 0 Å². The molecule has 26 heavy (non-hydrogen) atoms. The Morgan fingerprint density at radius 2 is 2.15 bits per heavy atom. The number of carbonyl (C=O) groups is 1. The Morgan fingerprint density at radius 1 is 1.38 bits per heavy atom. The number of halogens is 2. The lowest BCUT2D eigenvalue weighted by Crippen LogP contribution is -2.27. The molecule has 0 unspecified atom stereocenters. The number of amides is 1. The van der Waals surface area contributed by atoms with E-state index in [0.717, 1.165) is 23.1 Å². The van der Waals surface area contributed by atoms with Crippen molar-refractivity contribution in [2.75, 3.05) is 7.05 Å². The molecule has 0 aromatic carbocycles. The Balaban J connectivity index is 1.66.